The van der Waals surface area contributed by atoms with Crippen LogP contribution in [-0.2, 0) is 16.1 Å². The fourth-order valence-electron chi connectivity index (χ4n) is 2.11. The highest BCUT2D eigenvalue weighted by Gasteiger charge is 2.14. The number of amides is 2. The molecule has 0 atom stereocenters. The highest BCUT2D eigenvalue weighted by atomic mass is 16.5. The fourth-order valence-corrected chi connectivity index (χ4v) is 2.11. The van der Waals surface area contributed by atoms with E-state index >= 15 is 0 Å². The first kappa shape index (κ1) is 19.0. The quantitative estimate of drug-likeness (QED) is 0.740. The summed E-state index contributed by atoms with van der Waals surface area (Å²) in [7, 11) is 5.15. The minimum absolute atomic E-state index is 0.0814. The van der Waals surface area contributed by atoms with Crippen LogP contribution in [-0.4, -0.2) is 62.5 Å². The van der Waals surface area contributed by atoms with Crippen molar-refractivity contribution >= 4 is 11.8 Å². The van der Waals surface area contributed by atoms with Gasteiger partial charge in [0.2, 0.25) is 11.8 Å². The first-order valence-electron chi connectivity index (χ1n) is 7.78. The molecule has 6 nitrogen and oxygen atoms in total. The van der Waals surface area contributed by atoms with Crippen molar-refractivity contribution in [3.8, 4) is 5.75 Å². The second-order valence-electron chi connectivity index (χ2n) is 5.62. The molecule has 0 fully saturated rings. The zero-order valence-corrected chi connectivity index (χ0v) is 14.5. The van der Waals surface area contributed by atoms with E-state index in [4.69, 9.17) is 4.74 Å². The van der Waals surface area contributed by atoms with Crippen LogP contribution in [0.1, 0.15) is 18.9 Å². The third-order valence-electron chi connectivity index (χ3n) is 3.37. The molecule has 1 rings (SSSR count). The van der Waals surface area contributed by atoms with Crippen molar-refractivity contribution in [2.75, 3.05) is 40.8 Å². The molecule has 0 aliphatic rings. The largest absolute Gasteiger partial charge is 0.497 e. The second-order valence-corrected chi connectivity index (χ2v) is 5.62. The van der Waals surface area contributed by atoms with Gasteiger partial charge in [-0.25, -0.2) is 0 Å². The molecular formula is C17H27N3O3. The van der Waals surface area contributed by atoms with Gasteiger partial charge in [-0.3, -0.25) is 14.5 Å². The molecule has 0 aromatic heterocycles. The summed E-state index contributed by atoms with van der Waals surface area (Å²) in [5.74, 6) is 0.590. The molecule has 0 aliphatic heterocycles. The van der Waals surface area contributed by atoms with Gasteiger partial charge in [-0.05, 0) is 31.2 Å². The van der Waals surface area contributed by atoms with Crippen LogP contribution in [0.3, 0.4) is 0 Å². The van der Waals surface area contributed by atoms with Gasteiger partial charge in [-0.1, -0.05) is 19.1 Å². The predicted octanol–water partition coefficient (Wildman–Crippen LogP) is 1.11. The van der Waals surface area contributed by atoms with Crippen LogP contribution < -0.4 is 10.1 Å². The van der Waals surface area contributed by atoms with Gasteiger partial charge in [-0.15, -0.1) is 0 Å². The fraction of sp³-hybridized carbons (Fsp3) is 0.529. The maximum atomic E-state index is 12.2. The van der Waals surface area contributed by atoms with Crippen LogP contribution in [0.5, 0.6) is 5.75 Å². The molecule has 0 spiro atoms. The molecule has 23 heavy (non-hydrogen) atoms. The molecule has 0 unspecified atom stereocenters. The van der Waals surface area contributed by atoms with E-state index in [1.807, 2.05) is 43.1 Å². The Kier molecular flexibility index (Phi) is 8.11. The molecule has 0 radical (unpaired) electrons. The van der Waals surface area contributed by atoms with Crippen LogP contribution in [0.2, 0.25) is 0 Å². The van der Waals surface area contributed by atoms with Gasteiger partial charge in [0, 0.05) is 20.1 Å². The Morgan fingerprint density at radius 1 is 1.22 bits per heavy atom. The first-order chi connectivity index (χ1) is 11.0. The van der Waals surface area contributed by atoms with E-state index in [2.05, 4.69) is 5.32 Å². The van der Waals surface area contributed by atoms with Crippen molar-refractivity contribution in [3.63, 3.8) is 0 Å². The Morgan fingerprint density at radius 2 is 1.96 bits per heavy atom. The number of benzene rings is 1. The summed E-state index contributed by atoms with van der Waals surface area (Å²) in [6, 6.07) is 7.75. The predicted molar refractivity (Wildman–Crippen MR) is 90.3 cm³/mol. The maximum Gasteiger partial charge on any atom is 0.239 e. The van der Waals surface area contributed by atoms with E-state index in [-0.39, 0.29) is 24.9 Å². The molecule has 0 saturated carbocycles. The van der Waals surface area contributed by atoms with Crippen LogP contribution in [0.15, 0.2) is 24.3 Å². The average molecular weight is 321 g/mol. The van der Waals surface area contributed by atoms with Gasteiger partial charge in [0.05, 0.1) is 20.2 Å². The zero-order chi connectivity index (χ0) is 17.2. The standard InChI is InChI=1S/C17H27N3O3/c1-5-9-18-16(21)12-20(3)17(22)13-19(2)11-14-7-6-8-15(10-14)23-4/h6-8,10H,5,9,11-13H2,1-4H3,(H,18,21). The third kappa shape index (κ3) is 7.15. The van der Waals surface area contributed by atoms with Crippen LogP contribution >= 0.6 is 0 Å². The molecule has 128 valence electrons. The maximum absolute atomic E-state index is 12.2. The first-order valence-corrected chi connectivity index (χ1v) is 7.78. The normalized spacial score (nSPS) is 10.5. The lowest BCUT2D eigenvalue weighted by Gasteiger charge is -2.21. The topological polar surface area (TPSA) is 61.9 Å². The Bertz CT molecular complexity index is 520. The number of methoxy groups -OCH3 is 1. The number of nitrogens with one attached hydrogen (secondary N) is 1. The van der Waals surface area contributed by atoms with Gasteiger partial charge in [-0.2, -0.15) is 0 Å². The summed E-state index contributed by atoms with van der Waals surface area (Å²) in [6.45, 7) is 3.61. The molecule has 1 aromatic carbocycles. The van der Waals surface area contributed by atoms with E-state index in [0.717, 1.165) is 17.7 Å². The Labute approximate surface area is 138 Å². The van der Waals surface area contributed by atoms with Crippen molar-refractivity contribution in [1.29, 1.82) is 0 Å². The zero-order valence-electron chi connectivity index (χ0n) is 14.5. The minimum Gasteiger partial charge on any atom is -0.497 e. The van der Waals surface area contributed by atoms with Crippen LogP contribution in [0.25, 0.3) is 0 Å². The van der Waals surface area contributed by atoms with Gasteiger partial charge >= 0.3 is 0 Å². The summed E-state index contributed by atoms with van der Waals surface area (Å²) in [6.07, 6.45) is 0.882. The Hall–Kier alpha value is -2.08. The van der Waals surface area contributed by atoms with Crippen LogP contribution in [0.4, 0.5) is 0 Å². The van der Waals surface area contributed by atoms with Gasteiger partial charge in [0.15, 0.2) is 0 Å². The van der Waals surface area contributed by atoms with Gasteiger partial charge in [0.1, 0.15) is 5.75 Å². The number of likely N-dealkylation sites (N-methyl/N-ethyl adjacent to an activating group) is 2. The molecular weight excluding hydrogens is 294 g/mol. The van der Waals surface area contributed by atoms with E-state index in [9.17, 15) is 9.59 Å². The number of carbonyl (C=O) groups is 2. The van der Waals surface area contributed by atoms with E-state index in [0.29, 0.717) is 13.1 Å². The Morgan fingerprint density at radius 3 is 2.61 bits per heavy atom. The smallest absolute Gasteiger partial charge is 0.239 e. The number of hydrogen-bond donors (Lipinski definition) is 1. The molecule has 0 saturated heterocycles. The highest BCUT2D eigenvalue weighted by Crippen LogP contribution is 2.13. The summed E-state index contributed by atoms with van der Waals surface area (Å²) >= 11 is 0. The lowest BCUT2D eigenvalue weighted by molar-refractivity contribution is -0.135. The Balaban J connectivity index is 2.44. The summed E-state index contributed by atoms with van der Waals surface area (Å²) in [5, 5.41) is 2.76. The number of ether oxygens (including phenoxy) is 1. The van der Waals surface area contributed by atoms with E-state index < -0.39 is 0 Å². The van der Waals surface area contributed by atoms with E-state index in [1.165, 1.54) is 4.90 Å². The van der Waals surface area contributed by atoms with Crippen molar-refractivity contribution in [2.24, 2.45) is 0 Å². The SMILES string of the molecule is CCCNC(=O)CN(C)C(=O)CN(C)Cc1cccc(OC)c1. The number of nitrogens with zero attached hydrogens (tertiary/aromatic N) is 2. The van der Waals surface area contributed by atoms with E-state index in [1.54, 1.807) is 14.2 Å². The van der Waals surface area contributed by atoms with Crippen molar-refractivity contribution in [1.82, 2.24) is 15.1 Å². The summed E-state index contributed by atoms with van der Waals surface area (Å²) in [4.78, 5) is 27.2. The molecule has 1 aromatic rings. The average Bonchev–Trinajstić information content (AvgIpc) is 2.52. The molecule has 6 heteroatoms. The molecule has 0 heterocycles. The highest BCUT2D eigenvalue weighted by molar-refractivity contribution is 5.85. The number of carbonyl (C=O) groups excluding carboxylic acids is 2. The lowest BCUT2D eigenvalue weighted by atomic mass is 10.2. The second kappa shape index (κ2) is 9.84. The van der Waals surface area contributed by atoms with Crippen molar-refractivity contribution in [3.05, 3.63) is 29.8 Å². The molecule has 1 N–H and O–H groups in total. The van der Waals surface area contributed by atoms with Crippen molar-refractivity contribution in [2.45, 2.75) is 19.9 Å². The molecule has 0 aliphatic carbocycles. The number of hydrogen-bond acceptors (Lipinski definition) is 4. The molecule has 2 amide bonds. The lowest BCUT2D eigenvalue weighted by Crippen LogP contribution is -2.42. The van der Waals surface area contributed by atoms with Crippen molar-refractivity contribution < 1.29 is 14.3 Å². The summed E-state index contributed by atoms with van der Waals surface area (Å²) in [5.41, 5.74) is 1.07. The third-order valence-corrected chi connectivity index (χ3v) is 3.37. The van der Waals surface area contributed by atoms with Gasteiger partial charge in [0.25, 0.3) is 0 Å². The monoisotopic (exact) mass is 321 g/mol. The number of rotatable bonds is 9. The minimum atomic E-state index is -0.127. The summed E-state index contributed by atoms with van der Waals surface area (Å²) < 4.78 is 5.19. The van der Waals surface area contributed by atoms with Crippen LogP contribution in [0, 0.1) is 0 Å². The van der Waals surface area contributed by atoms with Gasteiger partial charge < -0.3 is 15.0 Å². The molecule has 0 bridgehead atoms.